The fraction of sp³-hybridized carbons (Fsp3) is 0.219. The van der Waals surface area contributed by atoms with E-state index in [2.05, 4.69) is 25.9 Å². The molecule has 4 amide bonds. The number of phenolic OH excluding ortho intramolecular Hbond substituents is 1. The smallest absolute Gasteiger partial charge is 0.408 e. The van der Waals surface area contributed by atoms with E-state index in [4.69, 9.17) is 10.5 Å². The summed E-state index contributed by atoms with van der Waals surface area (Å²) < 4.78 is 5.32. The van der Waals surface area contributed by atoms with E-state index in [0.717, 1.165) is 11.1 Å². The predicted molar refractivity (Wildman–Crippen MR) is 161 cm³/mol. The summed E-state index contributed by atoms with van der Waals surface area (Å²) in [6, 6.07) is 20.9. The predicted octanol–water partition coefficient (Wildman–Crippen LogP) is 1.89. The Hall–Kier alpha value is -5.65. The Labute approximate surface area is 254 Å². The van der Waals surface area contributed by atoms with E-state index in [9.17, 15) is 24.3 Å². The highest BCUT2D eigenvalue weighted by atomic mass is 16.5. The molecule has 12 heteroatoms. The van der Waals surface area contributed by atoms with E-state index < -0.39 is 41.9 Å². The molecule has 1 heterocycles. The lowest BCUT2D eigenvalue weighted by atomic mass is 10.0. The zero-order valence-electron chi connectivity index (χ0n) is 23.8. The van der Waals surface area contributed by atoms with Crippen LogP contribution >= 0.6 is 0 Å². The molecule has 3 atom stereocenters. The van der Waals surface area contributed by atoms with Gasteiger partial charge in [-0.25, -0.2) is 9.78 Å². The normalized spacial score (nSPS) is 12.7. The maximum atomic E-state index is 13.7. The number of amides is 4. The van der Waals surface area contributed by atoms with Gasteiger partial charge in [-0.3, -0.25) is 14.4 Å². The summed E-state index contributed by atoms with van der Waals surface area (Å²) in [5, 5.41) is 17.6. The third kappa shape index (κ3) is 9.72. The van der Waals surface area contributed by atoms with Crippen molar-refractivity contribution in [3.8, 4) is 5.75 Å². The monoisotopic (exact) mass is 598 g/mol. The molecular weight excluding hydrogens is 564 g/mol. The van der Waals surface area contributed by atoms with Gasteiger partial charge in [-0.2, -0.15) is 0 Å². The van der Waals surface area contributed by atoms with Gasteiger partial charge in [0.15, 0.2) is 0 Å². The zero-order chi connectivity index (χ0) is 31.3. The summed E-state index contributed by atoms with van der Waals surface area (Å²) >= 11 is 0. The van der Waals surface area contributed by atoms with Crippen LogP contribution in [0, 0.1) is 0 Å². The number of benzene rings is 3. The Morgan fingerprint density at radius 1 is 0.727 bits per heavy atom. The Kier molecular flexibility index (Phi) is 11.1. The molecule has 228 valence electrons. The van der Waals surface area contributed by atoms with E-state index in [-0.39, 0.29) is 31.6 Å². The van der Waals surface area contributed by atoms with E-state index in [1.165, 1.54) is 24.7 Å². The molecule has 1 aromatic heterocycles. The lowest BCUT2D eigenvalue weighted by Gasteiger charge is -2.24. The van der Waals surface area contributed by atoms with E-state index in [1.807, 2.05) is 48.5 Å². The average Bonchev–Trinajstić information content (AvgIpc) is 3.54. The number of nitrogens with zero attached hydrogens (tertiary/aromatic N) is 1. The first kappa shape index (κ1) is 31.3. The number of aromatic nitrogens is 2. The van der Waals surface area contributed by atoms with Crippen LogP contribution in [-0.2, 0) is 45.0 Å². The maximum Gasteiger partial charge on any atom is 0.408 e. The second-order valence-electron chi connectivity index (χ2n) is 10.1. The van der Waals surface area contributed by atoms with Gasteiger partial charge in [0.25, 0.3) is 0 Å². The Morgan fingerprint density at radius 3 is 1.86 bits per heavy atom. The lowest BCUT2D eigenvalue weighted by Crippen LogP contribution is -2.57. The van der Waals surface area contributed by atoms with Crippen molar-refractivity contribution in [3.63, 3.8) is 0 Å². The van der Waals surface area contributed by atoms with Crippen molar-refractivity contribution < 1.29 is 29.0 Å². The Morgan fingerprint density at radius 2 is 1.27 bits per heavy atom. The molecule has 0 saturated heterocycles. The zero-order valence-corrected chi connectivity index (χ0v) is 23.8. The number of nitrogens with one attached hydrogen (secondary N) is 4. The Bertz CT molecular complexity index is 1510. The molecule has 0 unspecified atom stereocenters. The van der Waals surface area contributed by atoms with Crippen LogP contribution in [0.3, 0.4) is 0 Å². The largest absolute Gasteiger partial charge is 0.508 e. The number of ether oxygens (including phenoxy) is 1. The van der Waals surface area contributed by atoms with Gasteiger partial charge in [0.1, 0.15) is 30.5 Å². The van der Waals surface area contributed by atoms with Gasteiger partial charge in [0, 0.05) is 31.2 Å². The van der Waals surface area contributed by atoms with E-state index in [1.54, 1.807) is 24.3 Å². The Balaban J connectivity index is 1.50. The van der Waals surface area contributed by atoms with Crippen molar-refractivity contribution in [2.24, 2.45) is 5.73 Å². The number of hydrogen-bond donors (Lipinski definition) is 6. The first-order valence-corrected chi connectivity index (χ1v) is 13.9. The summed E-state index contributed by atoms with van der Waals surface area (Å²) in [5.41, 5.74) is 8.34. The summed E-state index contributed by atoms with van der Waals surface area (Å²) in [7, 11) is 0. The minimum absolute atomic E-state index is 0.0127. The first-order chi connectivity index (χ1) is 21.3. The van der Waals surface area contributed by atoms with Crippen LogP contribution in [0.15, 0.2) is 97.5 Å². The number of primary amides is 1. The van der Waals surface area contributed by atoms with Crippen molar-refractivity contribution in [3.05, 3.63) is 120 Å². The van der Waals surface area contributed by atoms with Crippen molar-refractivity contribution in [2.75, 3.05) is 0 Å². The number of H-pyrrole nitrogens is 1. The van der Waals surface area contributed by atoms with Gasteiger partial charge in [0.2, 0.25) is 17.7 Å². The SMILES string of the molecule is NC(=O)[C@H](Cc1ccccc1)NC(=O)[C@H](Cc1cnc[nH]1)NC(=O)[C@H](Cc1ccc(O)cc1)NC(=O)OCc1ccccc1. The van der Waals surface area contributed by atoms with E-state index >= 15 is 0 Å². The highest BCUT2D eigenvalue weighted by molar-refractivity contribution is 5.94. The number of carbonyl (C=O) groups is 4. The number of aromatic hydroxyl groups is 1. The molecule has 0 fully saturated rings. The van der Waals surface area contributed by atoms with Crippen LogP contribution in [0.2, 0.25) is 0 Å². The van der Waals surface area contributed by atoms with Crippen LogP contribution in [0.4, 0.5) is 4.79 Å². The molecule has 44 heavy (non-hydrogen) atoms. The molecule has 7 N–H and O–H groups in total. The quantitative estimate of drug-likeness (QED) is 0.128. The maximum absolute atomic E-state index is 13.7. The number of rotatable bonds is 14. The summed E-state index contributed by atoms with van der Waals surface area (Å²) in [6.07, 6.45) is 2.31. The van der Waals surface area contributed by atoms with Crippen LogP contribution in [0.5, 0.6) is 5.75 Å². The van der Waals surface area contributed by atoms with Crippen molar-refractivity contribution in [2.45, 2.75) is 44.0 Å². The van der Waals surface area contributed by atoms with Crippen LogP contribution < -0.4 is 21.7 Å². The van der Waals surface area contributed by atoms with Crippen LogP contribution in [0.25, 0.3) is 0 Å². The molecule has 0 aliphatic heterocycles. The van der Waals surface area contributed by atoms with Crippen LogP contribution in [0.1, 0.15) is 22.4 Å². The second kappa shape index (κ2) is 15.5. The second-order valence-corrected chi connectivity index (χ2v) is 10.1. The minimum atomic E-state index is -1.16. The van der Waals surface area contributed by atoms with Gasteiger partial charge in [-0.05, 0) is 28.8 Å². The molecule has 4 aromatic rings. The highest BCUT2D eigenvalue weighted by Crippen LogP contribution is 2.13. The standard InChI is InChI=1S/C32H34N6O6/c33-29(40)26(15-21-7-3-1-4-8-21)36-31(42)28(17-24-18-34-20-35-24)37-30(41)27(16-22-11-13-25(39)14-12-22)38-32(43)44-19-23-9-5-2-6-10-23/h1-14,18,20,26-28,39H,15-17,19H2,(H2,33,40)(H,34,35)(H,36,42)(H,37,41)(H,38,43)/t26-,27-,28-/m0/s1. The molecule has 3 aromatic carbocycles. The number of phenols is 1. The number of aromatic amines is 1. The summed E-state index contributed by atoms with van der Waals surface area (Å²) in [5.74, 6) is -2.02. The molecule has 4 rings (SSSR count). The fourth-order valence-corrected chi connectivity index (χ4v) is 4.43. The topological polar surface area (TPSA) is 189 Å². The minimum Gasteiger partial charge on any atom is -0.508 e. The molecule has 0 radical (unpaired) electrons. The third-order valence-electron chi connectivity index (χ3n) is 6.75. The van der Waals surface area contributed by atoms with Crippen LogP contribution in [-0.4, -0.2) is 57.0 Å². The van der Waals surface area contributed by atoms with Gasteiger partial charge >= 0.3 is 6.09 Å². The molecule has 0 saturated carbocycles. The third-order valence-corrected chi connectivity index (χ3v) is 6.75. The van der Waals surface area contributed by atoms with Gasteiger partial charge < -0.3 is 36.5 Å². The van der Waals surface area contributed by atoms with Crippen molar-refractivity contribution >= 4 is 23.8 Å². The molecule has 0 spiro atoms. The highest BCUT2D eigenvalue weighted by Gasteiger charge is 2.30. The lowest BCUT2D eigenvalue weighted by molar-refractivity contribution is -0.132. The summed E-state index contributed by atoms with van der Waals surface area (Å²) in [4.78, 5) is 59.0. The first-order valence-electron chi connectivity index (χ1n) is 13.9. The molecule has 0 bridgehead atoms. The number of carbonyl (C=O) groups excluding carboxylic acids is 4. The number of imidazole rings is 1. The number of alkyl carbamates (subject to hydrolysis) is 1. The van der Waals surface area contributed by atoms with Gasteiger partial charge in [-0.1, -0.05) is 72.8 Å². The average molecular weight is 599 g/mol. The van der Waals surface area contributed by atoms with Crippen molar-refractivity contribution in [1.29, 1.82) is 0 Å². The molecule has 0 aliphatic carbocycles. The van der Waals surface area contributed by atoms with Gasteiger partial charge in [0.05, 0.1) is 6.33 Å². The van der Waals surface area contributed by atoms with Gasteiger partial charge in [-0.15, -0.1) is 0 Å². The summed E-state index contributed by atoms with van der Waals surface area (Å²) in [6.45, 7) is -0.0129. The molecule has 12 nitrogen and oxygen atoms in total. The van der Waals surface area contributed by atoms with E-state index in [0.29, 0.717) is 11.3 Å². The van der Waals surface area contributed by atoms with Crippen molar-refractivity contribution in [1.82, 2.24) is 25.9 Å². The fourth-order valence-electron chi connectivity index (χ4n) is 4.43. The molecule has 0 aliphatic rings. The molecular formula is C32H34N6O6. The number of nitrogens with two attached hydrogens (primary N) is 1. The number of hydrogen-bond acceptors (Lipinski definition) is 7.